The number of halogens is 3. The second-order valence-electron chi connectivity index (χ2n) is 13.1. The van der Waals surface area contributed by atoms with Crippen molar-refractivity contribution in [2.24, 2.45) is 28.7 Å². The molecule has 0 aromatic heterocycles. The molecule has 2 fully saturated rings. The Hall–Kier alpha value is -2.78. The molecule has 1 aromatic carbocycles. The molecular weight excluding hydrogens is 661 g/mol. The Bertz CT molecular complexity index is 1280. The fourth-order valence-electron chi connectivity index (χ4n) is 6.25. The average Bonchev–Trinajstić information content (AvgIpc) is 3.38. The number of methoxy groups -OCH3 is 1. The maximum Gasteiger partial charge on any atom is 0.441 e. The molecule has 49 heavy (non-hydrogen) atoms. The third-order valence-corrected chi connectivity index (χ3v) is 9.25. The number of anilines is 1. The van der Waals surface area contributed by atoms with Crippen LogP contribution in [-0.2, 0) is 14.4 Å². The lowest BCUT2D eigenvalue weighted by Crippen LogP contribution is -2.45. The molecule has 1 aromatic rings. The lowest BCUT2D eigenvalue weighted by molar-refractivity contribution is -0.170. The summed E-state index contributed by atoms with van der Waals surface area (Å²) in [6.45, 7) is 16.1. The summed E-state index contributed by atoms with van der Waals surface area (Å²) in [6, 6.07) is 3.59. The number of aliphatic hydroxyl groups is 2. The van der Waals surface area contributed by atoms with Gasteiger partial charge in [-0.25, -0.2) is 0 Å². The quantitative estimate of drug-likeness (QED) is 0.148. The van der Waals surface area contributed by atoms with Gasteiger partial charge < -0.3 is 31.3 Å². The van der Waals surface area contributed by atoms with Crippen molar-refractivity contribution in [3.05, 3.63) is 47.2 Å². The van der Waals surface area contributed by atoms with E-state index in [4.69, 9.17) is 21.0 Å². The molecule has 1 heterocycles. The number of benzene rings is 1. The first-order valence-corrected chi connectivity index (χ1v) is 17.6. The number of primary amides is 2. The summed E-state index contributed by atoms with van der Waals surface area (Å²) < 4.78 is 43.2. The molecule has 3 rings (SSSR count). The molecule has 1 saturated heterocycles. The zero-order valence-electron chi connectivity index (χ0n) is 30.2. The van der Waals surface area contributed by atoms with Gasteiger partial charge in [0.25, 0.3) is 0 Å². The van der Waals surface area contributed by atoms with Crippen LogP contribution >= 0.6 is 11.8 Å². The van der Waals surface area contributed by atoms with Crippen LogP contribution in [0, 0.1) is 17.3 Å². The Morgan fingerprint density at radius 2 is 1.78 bits per heavy atom. The normalized spacial score (nSPS) is 22.5. The number of carbonyl (C=O) groups is 2. The first-order chi connectivity index (χ1) is 22.8. The summed E-state index contributed by atoms with van der Waals surface area (Å²) in [5, 5.41) is 20.5. The molecule has 14 heteroatoms. The highest BCUT2D eigenvalue weighted by Gasteiger charge is 2.46. The molecule has 2 aliphatic rings. The third kappa shape index (κ3) is 13.8. The predicted molar refractivity (Wildman–Crippen MR) is 190 cm³/mol. The largest absolute Gasteiger partial charge is 0.496 e. The van der Waals surface area contributed by atoms with E-state index >= 15 is 0 Å². The number of aliphatic hydroxyl groups excluding tert-OH is 2. The van der Waals surface area contributed by atoms with Crippen molar-refractivity contribution in [1.29, 1.82) is 0 Å². The van der Waals surface area contributed by atoms with E-state index in [2.05, 4.69) is 27.4 Å². The first kappa shape index (κ1) is 44.2. The summed E-state index contributed by atoms with van der Waals surface area (Å²) >= 11 is -0.148. The van der Waals surface area contributed by atoms with E-state index in [1.807, 2.05) is 13.8 Å². The summed E-state index contributed by atoms with van der Waals surface area (Å²) in [6.07, 6.45) is 4.96. The van der Waals surface area contributed by atoms with Crippen LogP contribution in [0.4, 0.5) is 18.9 Å². The Kier molecular flexibility index (Phi) is 18.2. The number of hydroxylamine groups is 2. The molecular formula is C35H57F3N4O6S. The zero-order valence-corrected chi connectivity index (χ0v) is 31.0. The Balaban J connectivity index is 0.000000929. The van der Waals surface area contributed by atoms with Crippen molar-refractivity contribution in [2.75, 3.05) is 51.1 Å². The Morgan fingerprint density at radius 3 is 2.22 bits per heavy atom. The van der Waals surface area contributed by atoms with Gasteiger partial charge in [0.2, 0.25) is 11.8 Å². The van der Waals surface area contributed by atoms with Gasteiger partial charge in [-0.1, -0.05) is 54.0 Å². The van der Waals surface area contributed by atoms with Crippen LogP contribution in [0.3, 0.4) is 0 Å². The van der Waals surface area contributed by atoms with E-state index in [0.717, 1.165) is 5.92 Å². The van der Waals surface area contributed by atoms with E-state index in [9.17, 15) is 33.0 Å². The Labute approximate surface area is 294 Å². The lowest BCUT2D eigenvalue weighted by Gasteiger charge is -2.33. The number of nitrogens with two attached hydrogens (primary N) is 2. The number of carbonyl (C=O) groups excluding carboxylic acids is 2. The minimum atomic E-state index is -4.36. The lowest BCUT2D eigenvalue weighted by atomic mass is 9.73. The van der Waals surface area contributed by atoms with Crippen LogP contribution in [0.5, 0.6) is 0 Å². The molecule has 1 aliphatic heterocycles. The summed E-state index contributed by atoms with van der Waals surface area (Å²) in [5.41, 5.74) is 9.18. The highest BCUT2D eigenvalue weighted by Crippen LogP contribution is 2.38. The van der Waals surface area contributed by atoms with E-state index in [0.29, 0.717) is 27.8 Å². The van der Waals surface area contributed by atoms with Crippen molar-refractivity contribution in [3.8, 4) is 0 Å². The summed E-state index contributed by atoms with van der Waals surface area (Å²) in [4.78, 5) is 31.3. The monoisotopic (exact) mass is 718 g/mol. The minimum absolute atomic E-state index is 0.000262. The molecule has 0 bridgehead atoms. The topological polar surface area (TPSA) is 152 Å². The predicted octanol–water partition coefficient (Wildman–Crippen LogP) is 5.73. The van der Waals surface area contributed by atoms with Crippen LogP contribution in [0.15, 0.2) is 36.1 Å². The molecule has 10 nitrogen and oxygen atoms in total. The van der Waals surface area contributed by atoms with Crippen LogP contribution in [0.1, 0.15) is 83.1 Å². The average molecular weight is 719 g/mol. The van der Waals surface area contributed by atoms with Crippen molar-refractivity contribution in [3.63, 3.8) is 0 Å². The van der Waals surface area contributed by atoms with Crippen molar-refractivity contribution >= 4 is 34.8 Å². The van der Waals surface area contributed by atoms with E-state index in [-0.39, 0.29) is 41.9 Å². The van der Waals surface area contributed by atoms with E-state index in [1.165, 1.54) is 50.0 Å². The molecule has 0 radical (unpaired) electrons. The van der Waals surface area contributed by atoms with Crippen LogP contribution in [0.25, 0.3) is 5.57 Å². The summed E-state index contributed by atoms with van der Waals surface area (Å²) in [7, 11) is 2.98. The number of ether oxygens (including phenoxy) is 1. The third-order valence-electron chi connectivity index (χ3n) is 8.54. The fourth-order valence-corrected chi connectivity index (χ4v) is 6.85. The maximum absolute atomic E-state index is 12.5. The van der Waals surface area contributed by atoms with Gasteiger partial charge in [-0.05, 0) is 72.2 Å². The standard InChI is InChI=1S/C24H33F3N4O6S.C9H18.C2H6/c1-13(10-31-20(23(29)35)18(11-32)19(12-33)37-31)21(36-4)14(2)15-7-16(22(28)34)9-17(8-15)30(3)5-6-38-24(25,26)27;1-8-5-4-6-9(2,3)7-8;1-2/h7-9,18-20,32-33H,2,5-6,10-12H2,1,3-4H3,(H2,28,34)(H2,29,35);8H,4-7H2,1-3H3;1-2H3/b21-13-;;. The van der Waals surface area contributed by atoms with Gasteiger partial charge in [-0.15, -0.1) is 0 Å². The molecule has 4 unspecified atom stereocenters. The van der Waals surface area contributed by atoms with Gasteiger partial charge in [0.1, 0.15) is 17.9 Å². The smallest absolute Gasteiger partial charge is 0.441 e. The second kappa shape index (κ2) is 20.2. The number of allylic oxidation sites excluding steroid dienone is 1. The van der Waals surface area contributed by atoms with E-state index in [1.54, 1.807) is 24.9 Å². The van der Waals surface area contributed by atoms with Gasteiger partial charge in [0.15, 0.2) is 0 Å². The van der Waals surface area contributed by atoms with Gasteiger partial charge >= 0.3 is 5.51 Å². The number of hydrogen-bond acceptors (Lipinski definition) is 9. The highest BCUT2D eigenvalue weighted by molar-refractivity contribution is 8.00. The number of alkyl halides is 3. The second-order valence-corrected chi connectivity index (χ2v) is 14.3. The number of rotatable bonds is 13. The van der Waals surface area contributed by atoms with E-state index < -0.39 is 48.6 Å². The highest BCUT2D eigenvalue weighted by atomic mass is 32.2. The SMILES string of the molecule is C=C(/C(OC)=C(\C)CN1OC(CO)C(CO)C1C(N)=O)c1cc(C(N)=O)cc(N(C)CCSC(F)(F)F)c1.CC.CC1CCCC(C)(C)C1. The number of nitrogens with zero attached hydrogens (tertiary/aromatic N) is 2. The van der Waals surface area contributed by atoms with Crippen molar-refractivity contribution in [1.82, 2.24) is 5.06 Å². The number of amides is 2. The Morgan fingerprint density at radius 1 is 1.16 bits per heavy atom. The van der Waals surface area contributed by atoms with Crippen molar-refractivity contribution in [2.45, 2.75) is 84.9 Å². The molecule has 0 spiro atoms. The van der Waals surface area contributed by atoms with Gasteiger partial charge in [-0.3, -0.25) is 14.4 Å². The van der Waals surface area contributed by atoms with Crippen LogP contribution in [-0.4, -0.2) is 91.0 Å². The molecule has 4 atom stereocenters. The maximum atomic E-state index is 12.5. The summed E-state index contributed by atoms with van der Waals surface area (Å²) in [5.74, 6) is -1.17. The molecule has 1 saturated carbocycles. The molecule has 280 valence electrons. The fraction of sp³-hybridized carbons (Fsp3) is 0.657. The molecule has 6 N–H and O–H groups in total. The molecule has 1 aliphatic carbocycles. The molecule has 2 amide bonds. The van der Waals surface area contributed by atoms with Crippen LogP contribution < -0.4 is 16.4 Å². The van der Waals surface area contributed by atoms with Gasteiger partial charge in [0.05, 0.1) is 20.3 Å². The number of hydrogen-bond donors (Lipinski definition) is 4. The van der Waals surface area contributed by atoms with Gasteiger partial charge in [-0.2, -0.15) is 18.2 Å². The first-order valence-electron chi connectivity index (χ1n) is 16.6. The minimum Gasteiger partial charge on any atom is -0.496 e. The number of thioether (sulfide) groups is 1. The van der Waals surface area contributed by atoms with Crippen LogP contribution in [0.2, 0.25) is 0 Å². The zero-order chi connectivity index (χ0) is 37.7. The van der Waals surface area contributed by atoms with Gasteiger partial charge in [0, 0.05) is 48.6 Å². The van der Waals surface area contributed by atoms with Crippen molar-refractivity contribution < 1.29 is 42.5 Å².